The average molecular weight is 700 g/mol. The molecule has 0 spiro atoms. The van der Waals surface area contributed by atoms with Gasteiger partial charge in [0.2, 0.25) is 0 Å². The van der Waals surface area contributed by atoms with Crippen LogP contribution in [-0.2, 0) is 18.9 Å². The molecule has 5 aromatic rings. The first-order chi connectivity index (χ1) is 23.2. The highest BCUT2D eigenvalue weighted by atomic mass is 35.5. The fourth-order valence-corrected chi connectivity index (χ4v) is 6.32. The van der Waals surface area contributed by atoms with Crippen LogP contribution in [0.4, 0.5) is 13.2 Å². The molecule has 10 nitrogen and oxygen atoms in total. The maximum atomic E-state index is 14.2. The number of aromatic nitrogens is 6. The molecule has 0 bridgehead atoms. The Kier molecular flexibility index (Phi) is 9.07. The number of aryl methyl sites for hydroxylation is 1. The van der Waals surface area contributed by atoms with Gasteiger partial charge in [-0.05, 0) is 37.3 Å². The summed E-state index contributed by atoms with van der Waals surface area (Å²) in [5.74, 6) is -3.52. The zero-order valence-electron chi connectivity index (χ0n) is 25.2. The summed E-state index contributed by atoms with van der Waals surface area (Å²) < 4.78 is 71.0. The first-order valence-electron chi connectivity index (χ1n) is 14.9. The quantitative estimate of drug-likeness (QED) is 0.127. The number of nitrogens with zero attached hydrogens (tertiary/aromatic N) is 6. The molecule has 2 fully saturated rings. The molecule has 4 heterocycles. The van der Waals surface area contributed by atoms with Crippen molar-refractivity contribution in [2.45, 2.75) is 43.7 Å². The van der Waals surface area contributed by atoms with E-state index < -0.39 is 54.2 Å². The highest BCUT2D eigenvalue weighted by Gasteiger charge is 2.53. The van der Waals surface area contributed by atoms with E-state index in [-0.39, 0.29) is 24.5 Å². The summed E-state index contributed by atoms with van der Waals surface area (Å²) >= 11 is 12.9. The van der Waals surface area contributed by atoms with Gasteiger partial charge in [-0.2, -0.15) is 5.10 Å². The Morgan fingerprint density at radius 2 is 1.81 bits per heavy atom. The van der Waals surface area contributed by atoms with Crippen LogP contribution in [0, 0.1) is 24.4 Å². The van der Waals surface area contributed by atoms with Gasteiger partial charge in [0, 0.05) is 16.1 Å². The second-order valence-electron chi connectivity index (χ2n) is 11.2. The van der Waals surface area contributed by atoms with Gasteiger partial charge in [-0.3, -0.25) is 0 Å². The lowest BCUT2D eigenvalue weighted by atomic mass is 9.90. The minimum Gasteiger partial charge on any atom is -0.369 e. The average Bonchev–Trinajstić information content (AvgIpc) is 3.73. The van der Waals surface area contributed by atoms with Crippen molar-refractivity contribution >= 4 is 23.2 Å². The highest BCUT2D eigenvalue weighted by Crippen LogP contribution is 2.45. The number of halogens is 5. The van der Waals surface area contributed by atoms with Crippen molar-refractivity contribution in [2.75, 3.05) is 13.2 Å². The smallest absolute Gasteiger partial charge is 0.194 e. The second kappa shape index (κ2) is 13.4. The number of hydrogen-bond donors (Lipinski definition) is 0. The first-order valence-corrected chi connectivity index (χ1v) is 15.6. The second-order valence-corrected chi connectivity index (χ2v) is 12.1. The minimum absolute atomic E-state index is 0.0117. The van der Waals surface area contributed by atoms with E-state index in [1.165, 1.54) is 10.9 Å². The Hall–Kier alpha value is -4.11. The van der Waals surface area contributed by atoms with E-state index in [4.69, 9.17) is 47.1 Å². The predicted molar refractivity (Wildman–Crippen MR) is 168 cm³/mol. The zero-order chi connectivity index (χ0) is 33.5. The van der Waals surface area contributed by atoms with E-state index in [0.717, 1.165) is 17.7 Å². The van der Waals surface area contributed by atoms with Crippen LogP contribution in [0.25, 0.3) is 16.9 Å². The molecule has 2 aliphatic rings. The summed E-state index contributed by atoms with van der Waals surface area (Å²) in [7, 11) is 0. The van der Waals surface area contributed by atoms with Gasteiger partial charge in [0.15, 0.2) is 29.6 Å². The van der Waals surface area contributed by atoms with Crippen molar-refractivity contribution in [1.29, 1.82) is 0 Å². The molecule has 6 atom stereocenters. The fraction of sp³-hybridized carbons (Fsp3) is 0.273. The van der Waals surface area contributed by atoms with Crippen LogP contribution in [0.15, 0.2) is 79.5 Å². The summed E-state index contributed by atoms with van der Waals surface area (Å²) in [6, 6.07) is 15.3. The van der Waals surface area contributed by atoms with Gasteiger partial charge < -0.3 is 18.9 Å². The van der Waals surface area contributed by atoms with Crippen LogP contribution in [-0.4, -0.2) is 61.3 Å². The SMILES string of the molecule is C=CCOC1C(c2nc(C)nn2-c2cc(Cl)ccc2Cl)OC2COC(c3ccccc3)OC2C1n1cc(-c2cc(F)c(F)c(F)c2)nn1. The van der Waals surface area contributed by atoms with E-state index in [2.05, 4.69) is 22.0 Å². The molecule has 0 radical (unpaired) electrons. The molecular formula is C33H27Cl2F3N6O4. The summed E-state index contributed by atoms with van der Waals surface area (Å²) in [5, 5.41) is 13.9. The van der Waals surface area contributed by atoms with Gasteiger partial charge >= 0.3 is 0 Å². The monoisotopic (exact) mass is 698 g/mol. The lowest BCUT2D eigenvalue weighted by Crippen LogP contribution is -2.57. The van der Waals surface area contributed by atoms with Gasteiger partial charge in [0.05, 0.1) is 30.1 Å². The number of ether oxygens (including phenoxy) is 4. The third-order valence-corrected chi connectivity index (χ3v) is 8.61. The predicted octanol–water partition coefficient (Wildman–Crippen LogP) is 6.92. The minimum atomic E-state index is -1.58. The molecule has 248 valence electrons. The van der Waals surface area contributed by atoms with Crippen molar-refractivity contribution in [2.24, 2.45) is 0 Å². The number of fused-ring (bicyclic) bond motifs is 1. The lowest BCUT2D eigenvalue weighted by Gasteiger charge is -2.49. The zero-order valence-corrected chi connectivity index (χ0v) is 26.7. The highest BCUT2D eigenvalue weighted by molar-refractivity contribution is 6.34. The van der Waals surface area contributed by atoms with Gasteiger partial charge in [-0.25, -0.2) is 27.5 Å². The van der Waals surface area contributed by atoms with Crippen LogP contribution in [0.1, 0.15) is 35.6 Å². The molecule has 2 aliphatic heterocycles. The largest absolute Gasteiger partial charge is 0.369 e. The summed E-state index contributed by atoms with van der Waals surface area (Å²) in [6.07, 6.45) is -0.902. The molecule has 15 heteroatoms. The van der Waals surface area contributed by atoms with Crippen molar-refractivity contribution in [3.05, 3.63) is 124 Å². The van der Waals surface area contributed by atoms with Crippen LogP contribution in [0.5, 0.6) is 0 Å². The fourth-order valence-electron chi connectivity index (χ4n) is 5.95. The van der Waals surface area contributed by atoms with Crippen molar-refractivity contribution in [3.63, 3.8) is 0 Å². The third-order valence-electron chi connectivity index (χ3n) is 8.05. The van der Waals surface area contributed by atoms with E-state index in [9.17, 15) is 13.2 Å². The van der Waals surface area contributed by atoms with Crippen molar-refractivity contribution in [1.82, 2.24) is 29.8 Å². The van der Waals surface area contributed by atoms with E-state index in [1.54, 1.807) is 35.9 Å². The van der Waals surface area contributed by atoms with Gasteiger partial charge in [0.1, 0.15) is 42.0 Å². The van der Waals surface area contributed by atoms with E-state index in [0.29, 0.717) is 27.4 Å². The van der Waals surface area contributed by atoms with Crippen LogP contribution < -0.4 is 0 Å². The van der Waals surface area contributed by atoms with Crippen LogP contribution >= 0.6 is 23.2 Å². The molecule has 2 saturated heterocycles. The number of hydrogen-bond acceptors (Lipinski definition) is 8. The Morgan fingerprint density at radius 1 is 1.04 bits per heavy atom. The van der Waals surface area contributed by atoms with Crippen LogP contribution in [0.3, 0.4) is 0 Å². The van der Waals surface area contributed by atoms with Gasteiger partial charge in [0.25, 0.3) is 0 Å². The normalized spacial score (nSPS) is 24.0. The summed E-state index contributed by atoms with van der Waals surface area (Å²) in [4.78, 5) is 4.72. The standard InChI is InChI=1S/C33H27Cl2F3N6O4/c1-3-11-45-30-28(43-15-24(40-42-43)19-12-22(36)27(38)23(37)13-19)29-26(16-46-33(48-29)18-7-5-4-6-8-18)47-31(30)32-39-17(2)41-44(32)25-14-20(34)9-10-21(25)35/h3-10,12-15,26,28-31,33H,1,11,16H2,2H3. The topological polar surface area (TPSA) is 98.3 Å². The van der Waals surface area contributed by atoms with Crippen molar-refractivity contribution in [3.8, 4) is 16.9 Å². The van der Waals surface area contributed by atoms with Crippen LogP contribution in [0.2, 0.25) is 10.0 Å². The Morgan fingerprint density at radius 3 is 2.56 bits per heavy atom. The molecule has 48 heavy (non-hydrogen) atoms. The first kappa shape index (κ1) is 32.4. The molecule has 3 aromatic carbocycles. The Bertz CT molecular complexity index is 1940. The summed E-state index contributed by atoms with van der Waals surface area (Å²) in [6.45, 7) is 5.75. The summed E-state index contributed by atoms with van der Waals surface area (Å²) in [5.41, 5.74) is 1.32. The molecule has 6 unspecified atom stereocenters. The van der Waals surface area contributed by atoms with Gasteiger partial charge in [-0.1, -0.05) is 64.8 Å². The number of benzene rings is 3. The maximum Gasteiger partial charge on any atom is 0.194 e. The molecular weight excluding hydrogens is 672 g/mol. The molecule has 7 rings (SSSR count). The van der Waals surface area contributed by atoms with E-state index in [1.807, 2.05) is 30.3 Å². The third kappa shape index (κ3) is 6.13. The Labute approximate surface area is 282 Å². The molecule has 0 amide bonds. The van der Waals surface area contributed by atoms with E-state index >= 15 is 0 Å². The molecule has 2 aromatic heterocycles. The molecule has 0 N–H and O–H groups in total. The molecule has 0 saturated carbocycles. The Balaban J connectivity index is 1.35. The number of rotatable bonds is 8. The van der Waals surface area contributed by atoms with Gasteiger partial charge in [-0.15, -0.1) is 11.7 Å². The lowest BCUT2D eigenvalue weighted by molar-refractivity contribution is -0.322. The molecule has 0 aliphatic carbocycles. The maximum absolute atomic E-state index is 14.2. The van der Waals surface area contributed by atoms with Crippen molar-refractivity contribution < 1.29 is 32.1 Å².